The van der Waals surface area contributed by atoms with E-state index in [9.17, 15) is 5.26 Å². The standard InChI is InChI=1S/C25H28N4O3S/c1-30-21-13-19(14-22(31-2)23(21)32-3)24-27-28-25(29(24)20-10-5-4-6-11-20)33-16-18-9-7-8-17(12-18)15-26/h7-9,12-14,20H,4-6,10-11,16H2,1-3H3. The van der Waals surface area contributed by atoms with Crippen molar-refractivity contribution in [2.75, 3.05) is 21.3 Å². The predicted molar refractivity (Wildman–Crippen MR) is 128 cm³/mol. The summed E-state index contributed by atoms with van der Waals surface area (Å²) in [4.78, 5) is 0. The molecule has 1 fully saturated rings. The van der Waals surface area contributed by atoms with Crippen LogP contribution in [0.4, 0.5) is 0 Å². The van der Waals surface area contributed by atoms with Crippen LogP contribution in [-0.4, -0.2) is 36.1 Å². The molecule has 3 aromatic rings. The molecule has 0 unspecified atom stereocenters. The second kappa shape index (κ2) is 10.6. The van der Waals surface area contributed by atoms with Crippen molar-refractivity contribution in [3.8, 4) is 34.7 Å². The van der Waals surface area contributed by atoms with E-state index in [1.165, 1.54) is 19.3 Å². The summed E-state index contributed by atoms with van der Waals surface area (Å²) < 4.78 is 18.9. The van der Waals surface area contributed by atoms with Gasteiger partial charge >= 0.3 is 0 Å². The van der Waals surface area contributed by atoms with Crippen LogP contribution in [0.3, 0.4) is 0 Å². The SMILES string of the molecule is COc1cc(-c2nnc(SCc3cccc(C#N)c3)n2C2CCCCC2)cc(OC)c1OC. The molecule has 0 atom stereocenters. The maximum atomic E-state index is 9.20. The summed E-state index contributed by atoms with van der Waals surface area (Å²) in [6.07, 6.45) is 5.87. The van der Waals surface area contributed by atoms with Crippen molar-refractivity contribution in [2.45, 2.75) is 49.1 Å². The minimum Gasteiger partial charge on any atom is -0.493 e. The fourth-order valence-electron chi connectivity index (χ4n) is 4.33. The van der Waals surface area contributed by atoms with Crippen LogP contribution < -0.4 is 14.2 Å². The van der Waals surface area contributed by atoms with E-state index in [1.54, 1.807) is 33.1 Å². The van der Waals surface area contributed by atoms with Gasteiger partial charge in [0, 0.05) is 17.4 Å². The molecule has 0 spiro atoms. The van der Waals surface area contributed by atoms with Gasteiger partial charge in [-0.25, -0.2) is 0 Å². The summed E-state index contributed by atoms with van der Waals surface area (Å²) in [5, 5.41) is 19.3. The molecule has 0 radical (unpaired) electrons. The number of aromatic nitrogens is 3. The highest BCUT2D eigenvalue weighted by atomic mass is 32.2. The number of hydrogen-bond acceptors (Lipinski definition) is 7. The topological polar surface area (TPSA) is 82.2 Å². The Balaban J connectivity index is 1.73. The minimum absolute atomic E-state index is 0.343. The highest BCUT2D eigenvalue weighted by Gasteiger charge is 2.25. The Labute approximate surface area is 198 Å². The molecule has 1 aliphatic rings. The molecule has 33 heavy (non-hydrogen) atoms. The second-order valence-corrected chi connectivity index (χ2v) is 8.93. The van der Waals surface area contributed by atoms with Crippen LogP contribution in [0.5, 0.6) is 17.2 Å². The zero-order valence-corrected chi connectivity index (χ0v) is 20.0. The minimum atomic E-state index is 0.343. The summed E-state index contributed by atoms with van der Waals surface area (Å²) in [6.45, 7) is 0. The number of nitrogens with zero attached hydrogens (tertiary/aromatic N) is 4. The maximum Gasteiger partial charge on any atom is 0.203 e. The molecule has 8 heteroatoms. The molecule has 1 saturated carbocycles. The molecule has 1 aliphatic carbocycles. The molecular weight excluding hydrogens is 436 g/mol. The van der Waals surface area contributed by atoms with Crippen LogP contribution in [0.15, 0.2) is 41.6 Å². The lowest BCUT2D eigenvalue weighted by Gasteiger charge is -2.26. The van der Waals surface area contributed by atoms with Gasteiger partial charge in [-0.05, 0) is 42.7 Å². The Morgan fingerprint density at radius 3 is 2.36 bits per heavy atom. The summed E-state index contributed by atoms with van der Waals surface area (Å²) >= 11 is 1.65. The van der Waals surface area contributed by atoms with Crippen molar-refractivity contribution in [2.24, 2.45) is 0 Å². The van der Waals surface area contributed by atoms with Crippen molar-refractivity contribution in [3.05, 3.63) is 47.5 Å². The highest BCUT2D eigenvalue weighted by Crippen LogP contribution is 2.43. The third-order valence-electron chi connectivity index (χ3n) is 5.95. The number of benzene rings is 2. The number of hydrogen-bond donors (Lipinski definition) is 0. The first kappa shape index (κ1) is 23.0. The number of ether oxygens (including phenoxy) is 3. The average Bonchev–Trinajstić information content (AvgIpc) is 3.31. The summed E-state index contributed by atoms with van der Waals surface area (Å²) in [5.74, 6) is 3.25. The smallest absolute Gasteiger partial charge is 0.203 e. The normalized spacial score (nSPS) is 14.0. The Hall–Kier alpha value is -3.18. The van der Waals surface area contributed by atoms with Crippen LogP contribution >= 0.6 is 11.8 Å². The number of thioether (sulfide) groups is 1. The van der Waals surface area contributed by atoms with Gasteiger partial charge in [0.1, 0.15) is 0 Å². The Morgan fingerprint density at radius 2 is 1.73 bits per heavy atom. The zero-order chi connectivity index (χ0) is 23.2. The van der Waals surface area contributed by atoms with Crippen molar-refractivity contribution in [3.63, 3.8) is 0 Å². The monoisotopic (exact) mass is 464 g/mol. The van der Waals surface area contributed by atoms with Gasteiger partial charge in [0.25, 0.3) is 0 Å². The lowest BCUT2D eigenvalue weighted by atomic mass is 9.95. The second-order valence-electron chi connectivity index (χ2n) is 7.98. The lowest BCUT2D eigenvalue weighted by molar-refractivity contribution is 0.324. The fraction of sp³-hybridized carbons (Fsp3) is 0.400. The van der Waals surface area contributed by atoms with Crippen LogP contribution in [0.1, 0.15) is 49.3 Å². The predicted octanol–water partition coefficient (Wildman–Crippen LogP) is 5.64. The van der Waals surface area contributed by atoms with E-state index in [4.69, 9.17) is 14.2 Å². The van der Waals surface area contributed by atoms with Crippen molar-refractivity contribution in [1.82, 2.24) is 14.8 Å². The molecule has 0 bridgehead atoms. The van der Waals surface area contributed by atoms with E-state index in [1.807, 2.05) is 36.4 Å². The Kier molecular flexibility index (Phi) is 7.40. The van der Waals surface area contributed by atoms with Gasteiger partial charge in [-0.2, -0.15) is 5.26 Å². The molecule has 7 nitrogen and oxygen atoms in total. The molecule has 1 aromatic heterocycles. The molecule has 2 aromatic carbocycles. The summed E-state index contributed by atoms with van der Waals surface area (Å²) in [6, 6.07) is 14.1. The van der Waals surface area contributed by atoms with Crippen LogP contribution in [-0.2, 0) is 5.75 Å². The maximum absolute atomic E-state index is 9.20. The van der Waals surface area contributed by atoms with Crippen molar-refractivity contribution >= 4 is 11.8 Å². The first-order valence-corrected chi connectivity index (χ1v) is 12.0. The van der Waals surface area contributed by atoms with Gasteiger partial charge in [-0.3, -0.25) is 4.57 Å². The summed E-state index contributed by atoms with van der Waals surface area (Å²) in [5.41, 5.74) is 2.63. The van der Waals surface area contributed by atoms with E-state index in [0.29, 0.717) is 28.9 Å². The quantitative estimate of drug-likeness (QED) is 0.399. The first-order chi connectivity index (χ1) is 16.2. The van der Waals surface area contributed by atoms with Gasteiger partial charge in [-0.1, -0.05) is 43.2 Å². The molecule has 0 saturated heterocycles. The molecule has 0 N–H and O–H groups in total. The van der Waals surface area contributed by atoms with Crippen molar-refractivity contribution in [1.29, 1.82) is 5.26 Å². The molecule has 0 amide bonds. The number of nitriles is 1. The van der Waals surface area contributed by atoms with Crippen molar-refractivity contribution < 1.29 is 14.2 Å². The highest BCUT2D eigenvalue weighted by molar-refractivity contribution is 7.98. The molecule has 1 heterocycles. The molecular formula is C25H28N4O3S. The van der Waals surface area contributed by atoms with Gasteiger partial charge < -0.3 is 14.2 Å². The Bertz CT molecular complexity index is 1120. The summed E-state index contributed by atoms with van der Waals surface area (Å²) in [7, 11) is 4.83. The largest absolute Gasteiger partial charge is 0.493 e. The van der Waals surface area contributed by atoms with Gasteiger partial charge in [0.2, 0.25) is 5.75 Å². The van der Waals surface area contributed by atoms with E-state index in [0.717, 1.165) is 40.7 Å². The molecule has 4 rings (SSSR count). The van der Waals surface area contributed by atoms with Crippen LogP contribution in [0, 0.1) is 11.3 Å². The van der Waals surface area contributed by atoms with E-state index >= 15 is 0 Å². The zero-order valence-electron chi connectivity index (χ0n) is 19.2. The average molecular weight is 465 g/mol. The third kappa shape index (κ3) is 4.93. The number of methoxy groups -OCH3 is 3. The van der Waals surface area contributed by atoms with Gasteiger partial charge in [0.05, 0.1) is 33.0 Å². The van der Waals surface area contributed by atoms with E-state index in [2.05, 4.69) is 20.8 Å². The van der Waals surface area contributed by atoms with Crippen LogP contribution in [0.2, 0.25) is 0 Å². The lowest BCUT2D eigenvalue weighted by Crippen LogP contribution is -2.15. The van der Waals surface area contributed by atoms with E-state index in [-0.39, 0.29) is 0 Å². The first-order valence-electron chi connectivity index (χ1n) is 11.1. The number of rotatable bonds is 8. The molecule has 0 aliphatic heterocycles. The third-order valence-corrected chi connectivity index (χ3v) is 6.97. The van der Waals surface area contributed by atoms with Gasteiger partial charge in [-0.15, -0.1) is 10.2 Å². The fourth-order valence-corrected chi connectivity index (χ4v) is 5.28. The van der Waals surface area contributed by atoms with Crippen LogP contribution in [0.25, 0.3) is 11.4 Å². The Morgan fingerprint density at radius 1 is 1.00 bits per heavy atom. The molecule has 172 valence electrons. The van der Waals surface area contributed by atoms with E-state index < -0.39 is 0 Å². The van der Waals surface area contributed by atoms with Gasteiger partial charge in [0.15, 0.2) is 22.5 Å².